The first-order valence-electron chi connectivity index (χ1n) is 9.99. The van der Waals surface area contributed by atoms with E-state index < -0.39 is 0 Å². The van der Waals surface area contributed by atoms with Crippen LogP contribution >= 0.6 is 0 Å². The Morgan fingerprint density at radius 1 is 1.03 bits per heavy atom. The first-order chi connectivity index (χ1) is 14.6. The molecule has 3 aromatic heterocycles. The summed E-state index contributed by atoms with van der Waals surface area (Å²) in [5, 5.41) is 7.51. The number of nitrogens with one attached hydrogen (secondary N) is 1. The maximum atomic E-state index is 6.02. The molecule has 0 aliphatic rings. The average molecular weight is 406 g/mol. The van der Waals surface area contributed by atoms with Crippen molar-refractivity contribution >= 4 is 17.7 Å². The minimum absolute atomic E-state index is 0.217. The number of nitrogens with two attached hydrogens (primary N) is 1. The lowest BCUT2D eigenvalue weighted by atomic mass is 10.1. The van der Waals surface area contributed by atoms with Crippen LogP contribution < -0.4 is 11.1 Å². The van der Waals surface area contributed by atoms with Crippen LogP contribution in [-0.4, -0.2) is 56.7 Å². The zero-order valence-corrected chi connectivity index (χ0v) is 17.2. The molecule has 4 aromatic rings. The van der Waals surface area contributed by atoms with E-state index in [1.54, 1.807) is 18.4 Å². The molecule has 0 bridgehead atoms. The number of rotatable bonds is 9. The van der Waals surface area contributed by atoms with Crippen LogP contribution in [-0.2, 0) is 12.8 Å². The molecule has 0 saturated heterocycles. The lowest BCUT2D eigenvalue weighted by molar-refractivity contribution is 0.400. The molecule has 0 aliphatic carbocycles. The SMILES string of the molecule is CN(C)CCCc1ccc(CCNc2nc(N)n3nc(-c4ccco4)nc3n2)cc1. The Labute approximate surface area is 175 Å². The van der Waals surface area contributed by atoms with Crippen LogP contribution in [0, 0.1) is 0 Å². The Morgan fingerprint density at radius 3 is 2.50 bits per heavy atom. The predicted octanol–water partition coefficient (Wildman–Crippen LogP) is 2.51. The molecule has 0 radical (unpaired) electrons. The summed E-state index contributed by atoms with van der Waals surface area (Å²) in [6, 6.07) is 12.3. The summed E-state index contributed by atoms with van der Waals surface area (Å²) in [6.07, 6.45) is 4.69. The van der Waals surface area contributed by atoms with Crippen molar-refractivity contribution in [2.45, 2.75) is 19.3 Å². The van der Waals surface area contributed by atoms with Crippen molar-refractivity contribution in [2.75, 3.05) is 38.2 Å². The van der Waals surface area contributed by atoms with Crippen LogP contribution in [0.5, 0.6) is 0 Å². The Bertz CT molecular complexity index is 1090. The quantitative estimate of drug-likeness (QED) is 0.436. The van der Waals surface area contributed by atoms with E-state index in [4.69, 9.17) is 10.2 Å². The molecule has 0 unspecified atom stereocenters. The molecule has 0 atom stereocenters. The molecular formula is C21H26N8O. The molecule has 1 aromatic carbocycles. The zero-order chi connectivity index (χ0) is 20.9. The summed E-state index contributed by atoms with van der Waals surface area (Å²) >= 11 is 0. The largest absolute Gasteiger partial charge is 0.461 e. The maximum Gasteiger partial charge on any atom is 0.259 e. The highest BCUT2D eigenvalue weighted by atomic mass is 16.3. The Morgan fingerprint density at radius 2 is 1.80 bits per heavy atom. The van der Waals surface area contributed by atoms with Gasteiger partial charge in [0.15, 0.2) is 5.76 Å². The first kappa shape index (κ1) is 19.8. The Balaban J connectivity index is 1.34. The van der Waals surface area contributed by atoms with E-state index in [1.807, 2.05) is 0 Å². The van der Waals surface area contributed by atoms with Gasteiger partial charge in [0.05, 0.1) is 6.26 Å². The Kier molecular flexibility index (Phi) is 5.89. The third-order valence-corrected chi connectivity index (χ3v) is 4.77. The van der Waals surface area contributed by atoms with Crippen molar-refractivity contribution in [1.82, 2.24) is 29.5 Å². The summed E-state index contributed by atoms with van der Waals surface area (Å²) in [5.41, 5.74) is 8.65. The summed E-state index contributed by atoms with van der Waals surface area (Å²) in [5.74, 6) is 2.00. The van der Waals surface area contributed by atoms with E-state index >= 15 is 0 Å². The summed E-state index contributed by atoms with van der Waals surface area (Å²) in [4.78, 5) is 15.3. The maximum absolute atomic E-state index is 6.02. The number of nitrogen functional groups attached to an aromatic ring is 1. The van der Waals surface area contributed by atoms with E-state index in [-0.39, 0.29) is 5.95 Å². The van der Waals surface area contributed by atoms with Gasteiger partial charge in [-0.15, -0.1) is 5.10 Å². The number of hydrogen-bond acceptors (Lipinski definition) is 8. The van der Waals surface area contributed by atoms with Crippen LogP contribution in [0.2, 0.25) is 0 Å². The second-order valence-electron chi connectivity index (χ2n) is 7.43. The molecule has 4 rings (SSSR count). The molecule has 0 spiro atoms. The highest BCUT2D eigenvalue weighted by molar-refractivity contribution is 5.52. The number of nitrogens with zero attached hydrogens (tertiary/aromatic N) is 6. The molecule has 0 aliphatic heterocycles. The number of benzene rings is 1. The molecule has 3 N–H and O–H groups in total. The smallest absolute Gasteiger partial charge is 0.259 e. The highest BCUT2D eigenvalue weighted by Gasteiger charge is 2.13. The first-order valence-corrected chi connectivity index (χ1v) is 9.99. The van der Waals surface area contributed by atoms with E-state index in [9.17, 15) is 0 Å². The molecule has 3 heterocycles. The molecule has 0 saturated carbocycles. The molecule has 0 amide bonds. The lowest BCUT2D eigenvalue weighted by Gasteiger charge is -2.09. The minimum Gasteiger partial charge on any atom is -0.461 e. The normalized spacial score (nSPS) is 11.4. The van der Waals surface area contributed by atoms with Gasteiger partial charge in [0.1, 0.15) is 0 Å². The highest BCUT2D eigenvalue weighted by Crippen LogP contribution is 2.17. The fourth-order valence-electron chi connectivity index (χ4n) is 3.19. The van der Waals surface area contributed by atoms with Gasteiger partial charge < -0.3 is 20.4 Å². The standard InChI is InChI=1S/C21H26N8O/c1-28(2)13-3-5-15-7-9-16(10-8-15)11-12-23-20-25-19(22)29-21(26-20)24-18(27-29)17-6-4-14-30-17/h4,6-10,14H,3,5,11-13H2,1-2H3,(H3,22,23,24,25,26,27). The van der Waals surface area contributed by atoms with E-state index in [0.29, 0.717) is 29.9 Å². The average Bonchev–Trinajstić information content (AvgIpc) is 3.39. The molecule has 9 nitrogen and oxygen atoms in total. The molecular weight excluding hydrogens is 380 g/mol. The monoisotopic (exact) mass is 406 g/mol. The van der Waals surface area contributed by atoms with Crippen LogP contribution in [0.4, 0.5) is 11.9 Å². The van der Waals surface area contributed by atoms with Crippen molar-refractivity contribution in [3.8, 4) is 11.6 Å². The number of aromatic nitrogens is 5. The van der Waals surface area contributed by atoms with Gasteiger partial charge in [-0.1, -0.05) is 24.3 Å². The lowest BCUT2D eigenvalue weighted by Crippen LogP contribution is -2.13. The molecule has 30 heavy (non-hydrogen) atoms. The van der Waals surface area contributed by atoms with Gasteiger partial charge >= 0.3 is 0 Å². The van der Waals surface area contributed by atoms with Gasteiger partial charge in [-0.05, 0) is 63.2 Å². The van der Waals surface area contributed by atoms with Crippen LogP contribution in [0.15, 0.2) is 47.1 Å². The van der Waals surface area contributed by atoms with Crippen molar-refractivity contribution in [2.24, 2.45) is 0 Å². The predicted molar refractivity (Wildman–Crippen MR) is 116 cm³/mol. The van der Waals surface area contributed by atoms with Crippen molar-refractivity contribution in [3.05, 3.63) is 53.8 Å². The second-order valence-corrected chi connectivity index (χ2v) is 7.43. The fourth-order valence-corrected chi connectivity index (χ4v) is 3.19. The Hall–Kier alpha value is -3.46. The topological polar surface area (TPSA) is 110 Å². The third-order valence-electron chi connectivity index (χ3n) is 4.77. The zero-order valence-electron chi connectivity index (χ0n) is 17.2. The van der Waals surface area contributed by atoms with Gasteiger partial charge in [0.2, 0.25) is 17.7 Å². The van der Waals surface area contributed by atoms with Crippen molar-refractivity contribution in [3.63, 3.8) is 0 Å². The van der Waals surface area contributed by atoms with Gasteiger partial charge in [0.25, 0.3) is 5.78 Å². The number of anilines is 2. The summed E-state index contributed by atoms with van der Waals surface area (Å²) in [7, 11) is 4.21. The number of hydrogen-bond donors (Lipinski definition) is 2. The fraction of sp³-hybridized carbons (Fsp3) is 0.333. The van der Waals surface area contributed by atoms with Gasteiger partial charge in [-0.25, -0.2) is 0 Å². The number of aryl methyl sites for hydroxylation is 1. The van der Waals surface area contributed by atoms with E-state index in [2.05, 4.69) is 68.6 Å². The third kappa shape index (κ3) is 4.74. The minimum atomic E-state index is 0.217. The second kappa shape index (κ2) is 8.91. The molecule has 156 valence electrons. The van der Waals surface area contributed by atoms with Gasteiger partial charge in [-0.3, -0.25) is 0 Å². The van der Waals surface area contributed by atoms with Gasteiger partial charge in [-0.2, -0.15) is 19.5 Å². The number of fused-ring (bicyclic) bond motifs is 1. The van der Waals surface area contributed by atoms with E-state index in [1.165, 1.54) is 22.1 Å². The van der Waals surface area contributed by atoms with Crippen LogP contribution in [0.3, 0.4) is 0 Å². The van der Waals surface area contributed by atoms with Crippen molar-refractivity contribution in [1.29, 1.82) is 0 Å². The van der Waals surface area contributed by atoms with Crippen LogP contribution in [0.25, 0.3) is 17.4 Å². The van der Waals surface area contributed by atoms with Crippen molar-refractivity contribution < 1.29 is 4.42 Å². The van der Waals surface area contributed by atoms with Crippen LogP contribution in [0.1, 0.15) is 17.5 Å². The molecule has 0 fully saturated rings. The number of furan rings is 1. The molecule has 9 heteroatoms. The summed E-state index contributed by atoms with van der Waals surface area (Å²) < 4.78 is 6.73. The van der Waals surface area contributed by atoms with E-state index in [0.717, 1.165) is 19.4 Å². The van der Waals surface area contributed by atoms with Gasteiger partial charge in [0, 0.05) is 6.54 Å². The summed E-state index contributed by atoms with van der Waals surface area (Å²) in [6.45, 7) is 1.79.